The number of rotatable bonds is 8. The number of methoxy groups -OCH3 is 1. The summed E-state index contributed by atoms with van der Waals surface area (Å²) >= 11 is 0. The summed E-state index contributed by atoms with van der Waals surface area (Å²) in [5.74, 6) is 0.593. The zero-order valence-electron chi connectivity index (χ0n) is 15.3. The molecular weight excluding hydrogens is 332 g/mol. The molecule has 0 aliphatic heterocycles. The second-order valence-corrected chi connectivity index (χ2v) is 5.83. The van der Waals surface area contributed by atoms with Gasteiger partial charge in [0.15, 0.2) is 18.1 Å². The van der Waals surface area contributed by atoms with Crippen molar-refractivity contribution in [1.82, 2.24) is 5.32 Å². The van der Waals surface area contributed by atoms with E-state index in [1.807, 2.05) is 26.0 Å². The van der Waals surface area contributed by atoms with Gasteiger partial charge in [-0.25, -0.2) is 0 Å². The Hall–Kier alpha value is -3.02. The third kappa shape index (κ3) is 5.51. The molecule has 0 radical (unpaired) electrons. The fourth-order valence-corrected chi connectivity index (χ4v) is 2.31. The van der Waals surface area contributed by atoms with E-state index in [9.17, 15) is 9.59 Å². The van der Waals surface area contributed by atoms with Crippen molar-refractivity contribution in [3.05, 3.63) is 53.6 Å². The zero-order chi connectivity index (χ0) is 18.9. The van der Waals surface area contributed by atoms with E-state index in [4.69, 9.17) is 9.47 Å². The molecule has 6 nitrogen and oxygen atoms in total. The normalized spacial score (nSPS) is 10.1. The first-order chi connectivity index (χ1) is 12.5. The van der Waals surface area contributed by atoms with Crippen LogP contribution >= 0.6 is 0 Å². The van der Waals surface area contributed by atoms with Crippen molar-refractivity contribution in [2.24, 2.45) is 0 Å². The summed E-state index contributed by atoms with van der Waals surface area (Å²) in [6, 6.07) is 12.3. The second-order valence-electron chi connectivity index (χ2n) is 5.83. The Balaban J connectivity index is 1.95. The van der Waals surface area contributed by atoms with Crippen LogP contribution in [0.5, 0.6) is 11.5 Å². The molecule has 2 aromatic rings. The molecule has 0 atom stereocenters. The summed E-state index contributed by atoms with van der Waals surface area (Å²) in [6.45, 7) is 4.38. The van der Waals surface area contributed by atoms with Crippen molar-refractivity contribution in [1.29, 1.82) is 0 Å². The molecule has 0 aliphatic rings. The summed E-state index contributed by atoms with van der Waals surface area (Å²) in [5, 5.41) is 5.53. The van der Waals surface area contributed by atoms with E-state index in [2.05, 4.69) is 10.6 Å². The lowest BCUT2D eigenvalue weighted by Gasteiger charge is -2.12. The van der Waals surface area contributed by atoms with Crippen LogP contribution in [0.3, 0.4) is 0 Å². The molecule has 2 N–H and O–H groups in total. The van der Waals surface area contributed by atoms with Crippen molar-refractivity contribution in [2.45, 2.75) is 20.3 Å². The minimum absolute atomic E-state index is 0.161. The van der Waals surface area contributed by atoms with Gasteiger partial charge in [-0.2, -0.15) is 0 Å². The van der Waals surface area contributed by atoms with Crippen LogP contribution < -0.4 is 20.1 Å². The van der Waals surface area contributed by atoms with E-state index in [-0.39, 0.29) is 18.4 Å². The largest absolute Gasteiger partial charge is 0.493 e. The number of carbonyl (C=O) groups excluding carboxylic acids is 2. The van der Waals surface area contributed by atoms with Crippen LogP contribution in [0.25, 0.3) is 0 Å². The average Bonchev–Trinajstić information content (AvgIpc) is 2.65. The monoisotopic (exact) mass is 356 g/mol. The smallest absolute Gasteiger partial charge is 0.262 e. The molecule has 0 saturated heterocycles. The fourth-order valence-electron chi connectivity index (χ4n) is 2.31. The maximum atomic E-state index is 12.1. The Labute approximate surface area is 153 Å². The molecule has 2 amide bonds. The van der Waals surface area contributed by atoms with Gasteiger partial charge in [0.25, 0.3) is 11.8 Å². The van der Waals surface area contributed by atoms with E-state index in [1.54, 1.807) is 37.4 Å². The van der Waals surface area contributed by atoms with Crippen LogP contribution in [0, 0.1) is 6.92 Å². The van der Waals surface area contributed by atoms with Gasteiger partial charge in [0.05, 0.1) is 7.11 Å². The van der Waals surface area contributed by atoms with E-state index in [1.165, 1.54) is 0 Å². The lowest BCUT2D eigenvalue weighted by atomic mass is 10.2. The number of aryl methyl sites for hydroxylation is 1. The van der Waals surface area contributed by atoms with Gasteiger partial charge < -0.3 is 20.1 Å². The van der Waals surface area contributed by atoms with Crippen molar-refractivity contribution in [3.63, 3.8) is 0 Å². The average molecular weight is 356 g/mol. The number of hydrogen-bond donors (Lipinski definition) is 2. The highest BCUT2D eigenvalue weighted by Gasteiger charge is 2.10. The maximum absolute atomic E-state index is 12.1. The molecule has 0 heterocycles. The van der Waals surface area contributed by atoms with Crippen molar-refractivity contribution in [2.75, 3.05) is 25.6 Å². The molecule has 0 fully saturated rings. The molecule has 0 aromatic heterocycles. The van der Waals surface area contributed by atoms with Crippen LogP contribution in [0.4, 0.5) is 5.69 Å². The van der Waals surface area contributed by atoms with E-state index < -0.39 is 0 Å². The summed E-state index contributed by atoms with van der Waals surface area (Å²) < 4.78 is 10.8. The highest BCUT2D eigenvalue weighted by atomic mass is 16.5. The van der Waals surface area contributed by atoms with E-state index >= 15 is 0 Å². The minimum atomic E-state index is -0.321. The van der Waals surface area contributed by atoms with Gasteiger partial charge in [0.1, 0.15) is 0 Å². The van der Waals surface area contributed by atoms with Crippen LogP contribution in [0.1, 0.15) is 29.3 Å². The molecule has 6 heteroatoms. The van der Waals surface area contributed by atoms with Crippen LogP contribution in [-0.4, -0.2) is 32.1 Å². The number of carbonyl (C=O) groups is 2. The Bertz CT molecular complexity index is 774. The zero-order valence-corrected chi connectivity index (χ0v) is 15.3. The van der Waals surface area contributed by atoms with Gasteiger partial charge >= 0.3 is 0 Å². The van der Waals surface area contributed by atoms with Gasteiger partial charge in [-0.15, -0.1) is 0 Å². The molecule has 26 heavy (non-hydrogen) atoms. The fraction of sp³-hybridized carbons (Fsp3) is 0.300. The molecule has 0 spiro atoms. The van der Waals surface area contributed by atoms with Gasteiger partial charge in [-0.3, -0.25) is 9.59 Å². The Morgan fingerprint density at radius 2 is 1.88 bits per heavy atom. The summed E-state index contributed by atoms with van der Waals surface area (Å²) in [4.78, 5) is 24.1. The first kappa shape index (κ1) is 19.3. The Morgan fingerprint density at radius 3 is 2.62 bits per heavy atom. The van der Waals surface area contributed by atoms with Crippen molar-refractivity contribution >= 4 is 17.5 Å². The molecule has 138 valence electrons. The van der Waals surface area contributed by atoms with Gasteiger partial charge in [0.2, 0.25) is 0 Å². The first-order valence-corrected chi connectivity index (χ1v) is 8.49. The first-order valence-electron chi connectivity index (χ1n) is 8.49. The van der Waals surface area contributed by atoms with Crippen LogP contribution in [0.15, 0.2) is 42.5 Å². The predicted molar refractivity (Wildman–Crippen MR) is 101 cm³/mol. The molecule has 2 rings (SSSR count). The number of hydrogen-bond acceptors (Lipinski definition) is 4. The van der Waals surface area contributed by atoms with Gasteiger partial charge in [-0.1, -0.05) is 19.1 Å². The standard InChI is InChI=1S/C20H24N2O4/c1-4-10-21-20(24)15-6-5-7-16(12-15)22-19(23)13-26-17-9-8-14(2)11-18(17)25-3/h5-9,11-12H,4,10,13H2,1-3H3,(H,21,24)(H,22,23). The van der Waals surface area contributed by atoms with Gasteiger partial charge in [0, 0.05) is 17.8 Å². The van der Waals surface area contributed by atoms with Crippen molar-refractivity contribution in [3.8, 4) is 11.5 Å². The number of benzene rings is 2. The van der Waals surface area contributed by atoms with Crippen molar-refractivity contribution < 1.29 is 19.1 Å². The second kappa shape index (κ2) is 9.46. The van der Waals surface area contributed by atoms with Crippen LogP contribution in [-0.2, 0) is 4.79 Å². The summed E-state index contributed by atoms with van der Waals surface area (Å²) in [6.07, 6.45) is 0.863. The Kier molecular flexibility index (Phi) is 7.02. The lowest BCUT2D eigenvalue weighted by Crippen LogP contribution is -2.24. The quantitative estimate of drug-likeness (QED) is 0.762. The summed E-state index contributed by atoms with van der Waals surface area (Å²) in [7, 11) is 1.55. The van der Waals surface area contributed by atoms with Gasteiger partial charge in [-0.05, 0) is 49.2 Å². The third-order valence-corrected chi connectivity index (χ3v) is 3.62. The SMILES string of the molecule is CCCNC(=O)c1cccc(NC(=O)COc2ccc(C)cc2OC)c1. The summed E-state index contributed by atoms with van der Waals surface area (Å²) in [5.41, 5.74) is 2.08. The maximum Gasteiger partial charge on any atom is 0.262 e. The molecule has 0 bridgehead atoms. The van der Waals surface area contributed by atoms with Crippen LogP contribution in [0.2, 0.25) is 0 Å². The molecular formula is C20H24N2O4. The lowest BCUT2D eigenvalue weighted by molar-refractivity contribution is -0.118. The molecule has 0 saturated carbocycles. The molecule has 2 aromatic carbocycles. The molecule has 0 aliphatic carbocycles. The predicted octanol–water partition coefficient (Wildman–Crippen LogP) is 3.16. The number of amides is 2. The van der Waals surface area contributed by atoms with E-state index in [0.29, 0.717) is 29.3 Å². The minimum Gasteiger partial charge on any atom is -0.493 e. The number of nitrogens with one attached hydrogen (secondary N) is 2. The third-order valence-electron chi connectivity index (χ3n) is 3.62. The number of anilines is 1. The highest BCUT2D eigenvalue weighted by molar-refractivity contribution is 5.97. The Morgan fingerprint density at radius 1 is 1.08 bits per heavy atom. The topological polar surface area (TPSA) is 76.7 Å². The van der Waals surface area contributed by atoms with E-state index in [0.717, 1.165) is 12.0 Å². The number of ether oxygens (including phenoxy) is 2. The highest BCUT2D eigenvalue weighted by Crippen LogP contribution is 2.27. The molecule has 0 unspecified atom stereocenters.